The van der Waals surface area contributed by atoms with Gasteiger partial charge < -0.3 is 18.5 Å². The van der Waals surface area contributed by atoms with E-state index in [2.05, 4.69) is 15.8 Å². The fraction of sp³-hybridized carbons (Fsp3) is 0.238. The molecule has 4 aromatic rings. The van der Waals surface area contributed by atoms with Crippen LogP contribution < -0.4 is 14.3 Å². The van der Waals surface area contributed by atoms with Crippen molar-refractivity contribution in [1.82, 2.24) is 4.57 Å². The van der Waals surface area contributed by atoms with Crippen LogP contribution in [-0.2, 0) is 6.54 Å². The maximum Gasteiger partial charge on any atom is 0.315 e. The first kappa shape index (κ1) is 19.6. The number of methoxy groups -OCH3 is 2. The lowest BCUT2D eigenvalue weighted by molar-refractivity contribution is 0.0973. The highest BCUT2D eigenvalue weighted by molar-refractivity contribution is 7.98. The van der Waals surface area contributed by atoms with Crippen LogP contribution in [0.5, 0.6) is 11.5 Å². The molecule has 6 nitrogen and oxygen atoms in total. The molecule has 4 rings (SSSR count). The highest BCUT2D eigenvalue weighted by Gasteiger charge is 2.16. The standard InChI is InChI=1S/C21H20N2O4S2/c1-25-14-7-8-18-15(12-14)23(9-10-28-3)21(29-18)22-20(24)17-11-13-5-4-6-16(26-2)19(13)27-17/h4-8,11-12H,9-10H2,1-3H3. The first-order valence-corrected chi connectivity index (χ1v) is 11.2. The molecule has 150 valence electrons. The molecule has 8 heteroatoms. The summed E-state index contributed by atoms with van der Waals surface area (Å²) in [6.07, 6.45) is 2.06. The van der Waals surface area contributed by atoms with Crippen molar-refractivity contribution in [3.05, 3.63) is 53.0 Å². The number of hydrogen-bond acceptors (Lipinski definition) is 6. The zero-order valence-electron chi connectivity index (χ0n) is 16.3. The van der Waals surface area contributed by atoms with Gasteiger partial charge in [0.05, 0.1) is 24.4 Å². The number of hydrogen-bond donors (Lipinski definition) is 0. The molecule has 2 heterocycles. The van der Waals surface area contributed by atoms with Gasteiger partial charge in [-0.15, -0.1) is 0 Å². The number of benzene rings is 2. The molecule has 0 saturated heterocycles. The monoisotopic (exact) mass is 428 g/mol. The second-order valence-corrected chi connectivity index (χ2v) is 8.26. The van der Waals surface area contributed by atoms with Gasteiger partial charge in [0.2, 0.25) is 0 Å². The van der Waals surface area contributed by atoms with Gasteiger partial charge in [0.1, 0.15) is 5.75 Å². The second kappa shape index (κ2) is 8.34. The zero-order valence-corrected chi connectivity index (χ0v) is 17.9. The highest BCUT2D eigenvalue weighted by atomic mass is 32.2. The average Bonchev–Trinajstić information content (AvgIpc) is 3.32. The minimum absolute atomic E-state index is 0.191. The fourth-order valence-corrected chi connectivity index (χ4v) is 4.50. The van der Waals surface area contributed by atoms with Crippen molar-refractivity contribution in [2.45, 2.75) is 6.54 Å². The number of aromatic nitrogens is 1. The lowest BCUT2D eigenvalue weighted by atomic mass is 10.2. The van der Waals surface area contributed by atoms with E-state index >= 15 is 0 Å². The summed E-state index contributed by atoms with van der Waals surface area (Å²) in [5.74, 6) is 2.04. The van der Waals surface area contributed by atoms with Gasteiger partial charge in [-0.1, -0.05) is 23.5 Å². The second-order valence-electron chi connectivity index (χ2n) is 6.27. The Balaban J connectivity index is 1.81. The van der Waals surface area contributed by atoms with Crippen molar-refractivity contribution in [2.75, 3.05) is 26.2 Å². The molecular weight excluding hydrogens is 408 g/mol. The third-order valence-electron chi connectivity index (χ3n) is 4.54. The quantitative estimate of drug-likeness (QED) is 0.450. The van der Waals surface area contributed by atoms with E-state index in [0.717, 1.165) is 33.6 Å². The Kier molecular flexibility index (Phi) is 5.64. The van der Waals surface area contributed by atoms with Crippen LogP contribution in [0.4, 0.5) is 0 Å². The molecule has 0 aliphatic rings. The third-order valence-corrected chi connectivity index (χ3v) is 6.19. The highest BCUT2D eigenvalue weighted by Crippen LogP contribution is 2.29. The van der Waals surface area contributed by atoms with Crippen molar-refractivity contribution >= 4 is 50.2 Å². The van der Waals surface area contributed by atoms with Gasteiger partial charge in [0, 0.05) is 23.8 Å². The summed E-state index contributed by atoms with van der Waals surface area (Å²) in [4.78, 5) is 17.9. The largest absolute Gasteiger partial charge is 0.497 e. The summed E-state index contributed by atoms with van der Waals surface area (Å²) in [6.45, 7) is 0.744. The van der Waals surface area contributed by atoms with E-state index in [1.54, 1.807) is 38.1 Å². The summed E-state index contributed by atoms with van der Waals surface area (Å²) in [6, 6.07) is 13.1. The molecule has 0 N–H and O–H groups in total. The molecule has 0 aliphatic carbocycles. The number of aryl methyl sites for hydroxylation is 1. The van der Waals surface area contributed by atoms with Crippen LogP contribution in [0.3, 0.4) is 0 Å². The Labute approximate surface area is 175 Å². The molecule has 0 unspecified atom stereocenters. The van der Waals surface area contributed by atoms with E-state index in [-0.39, 0.29) is 5.76 Å². The molecule has 2 aromatic heterocycles. The number of furan rings is 1. The molecule has 0 atom stereocenters. The third kappa shape index (κ3) is 3.77. The summed E-state index contributed by atoms with van der Waals surface area (Å²) in [7, 11) is 3.22. The number of carbonyl (C=O) groups is 1. The topological polar surface area (TPSA) is 66.0 Å². The molecule has 0 spiro atoms. The predicted octanol–water partition coefficient (Wildman–Crippen LogP) is 4.57. The molecule has 29 heavy (non-hydrogen) atoms. The van der Waals surface area contributed by atoms with E-state index < -0.39 is 5.91 Å². The molecule has 1 amide bonds. The number of nitrogens with zero attached hydrogens (tertiary/aromatic N) is 2. The van der Waals surface area contributed by atoms with Gasteiger partial charge in [0.25, 0.3) is 0 Å². The van der Waals surface area contributed by atoms with E-state index in [9.17, 15) is 4.79 Å². The van der Waals surface area contributed by atoms with Gasteiger partial charge in [-0.05, 0) is 30.5 Å². The molecule has 2 aromatic carbocycles. The lowest BCUT2D eigenvalue weighted by Crippen LogP contribution is -2.18. The fourth-order valence-electron chi connectivity index (χ4n) is 3.10. The van der Waals surface area contributed by atoms with Crippen molar-refractivity contribution in [3.8, 4) is 11.5 Å². The minimum Gasteiger partial charge on any atom is -0.497 e. The number of thiazole rings is 1. The maximum absolute atomic E-state index is 12.9. The number of fused-ring (bicyclic) bond motifs is 2. The zero-order chi connectivity index (χ0) is 20.4. The van der Waals surface area contributed by atoms with Crippen LogP contribution in [-0.4, -0.2) is 36.7 Å². The average molecular weight is 429 g/mol. The van der Waals surface area contributed by atoms with Crippen LogP contribution in [0.15, 0.2) is 51.9 Å². The normalized spacial score (nSPS) is 12.0. The molecule has 0 saturated carbocycles. The predicted molar refractivity (Wildman–Crippen MR) is 117 cm³/mol. The van der Waals surface area contributed by atoms with Gasteiger partial charge in [-0.3, -0.25) is 4.79 Å². The number of thioether (sulfide) groups is 1. The Bertz CT molecular complexity index is 1250. The molecule has 0 radical (unpaired) electrons. The van der Waals surface area contributed by atoms with Crippen LogP contribution in [0.1, 0.15) is 10.6 Å². The maximum atomic E-state index is 12.9. The number of rotatable bonds is 6. The summed E-state index contributed by atoms with van der Waals surface area (Å²) in [5.41, 5.74) is 1.55. The number of amides is 1. The number of ether oxygens (including phenoxy) is 2. The first-order chi connectivity index (χ1) is 14.1. The van der Waals surface area contributed by atoms with Gasteiger partial charge >= 0.3 is 5.91 Å². The van der Waals surface area contributed by atoms with Crippen LogP contribution in [0, 0.1) is 0 Å². The Morgan fingerprint density at radius 1 is 1.21 bits per heavy atom. The summed E-state index contributed by atoms with van der Waals surface area (Å²) < 4.78 is 19.5. The van der Waals surface area contributed by atoms with Crippen LogP contribution >= 0.6 is 23.1 Å². The van der Waals surface area contributed by atoms with E-state index in [1.807, 2.05) is 30.3 Å². The number of carbonyl (C=O) groups excluding carboxylic acids is 1. The Morgan fingerprint density at radius 3 is 2.83 bits per heavy atom. The van der Waals surface area contributed by atoms with E-state index in [4.69, 9.17) is 13.9 Å². The van der Waals surface area contributed by atoms with E-state index in [1.165, 1.54) is 11.3 Å². The van der Waals surface area contributed by atoms with E-state index in [0.29, 0.717) is 16.1 Å². The van der Waals surface area contributed by atoms with Crippen LogP contribution in [0.25, 0.3) is 21.2 Å². The summed E-state index contributed by atoms with van der Waals surface area (Å²) in [5, 5.41) is 0.805. The van der Waals surface area contributed by atoms with Gasteiger partial charge in [-0.25, -0.2) is 0 Å². The number of para-hydroxylation sites is 1. The van der Waals surface area contributed by atoms with Crippen molar-refractivity contribution in [2.24, 2.45) is 4.99 Å². The summed E-state index contributed by atoms with van der Waals surface area (Å²) >= 11 is 3.22. The SMILES string of the molecule is COc1ccc2sc(=NC(=O)c3cc4cccc(OC)c4o3)n(CCSC)c2c1. The smallest absolute Gasteiger partial charge is 0.315 e. The molecule has 0 fully saturated rings. The van der Waals surface area contributed by atoms with Crippen molar-refractivity contribution in [1.29, 1.82) is 0 Å². The van der Waals surface area contributed by atoms with Crippen molar-refractivity contribution < 1.29 is 18.7 Å². The minimum atomic E-state index is -0.417. The molecular formula is C21H20N2O4S2. The van der Waals surface area contributed by atoms with Gasteiger partial charge in [-0.2, -0.15) is 16.8 Å². The first-order valence-electron chi connectivity index (χ1n) is 8.96. The molecule has 0 aliphatic heterocycles. The van der Waals surface area contributed by atoms with Crippen LogP contribution in [0.2, 0.25) is 0 Å². The Morgan fingerprint density at radius 2 is 2.07 bits per heavy atom. The van der Waals surface area contributed by atoms with Crippen molar-refractivity contribution in [3.63, 3.8) is 0 Å². The Hall–Kier alpha value is -2.71. The van der Waals surface area contributed by atoms with Gasteiger partial charge in [0.15, 0.2) is 21.9 Å². The lowest BCUT2D eigenvalue weighted by Gasteiger charge is -2.05. The molecule has 0 bridgehead atoms.